The second kappa shape index (κ2) is 7.56. The lowest BCUT2D eigenvalue weighted by molar-refractivity contribution is -0.136. The Morgan fingerprint density at radius 1 is 0.885 bits per heavy atom. The van der Waals surface area contributed by atoms with Gasteiger partial charge in [0.15, 0.2) is 0 Å². The summed E-state index contributed by atoms with van der Waals surface area (Å²) in [7, 11) is 0. The lowest BCUT2D eigenvalue weighted by Gasteiger charge is -2.24. The van der Waals surface area contributed by atoms with E-state index in [1.165, 1.54) is 4.90 Å². The normalized spacial score (nSPS) is 14.3. The largest absolute Gasteiger partial charge is 0.337 e. The molecule has 2 aromatic rings. The minimum absolute atomic E-state index is 0.204. The number of amides is 2. The van der Waals surface area contributed by atoms with Gasteiger partial charge in [0.2, 0.25) is 0 Å². The van der Waals surface area contributed by atoms with Crippen molar-refractivity contribution in [1.29, 1.82) is 0 Å². The number of anilines is 1. The molecule has 2 amide bonds. The summed E-state index contributed by atoms with van der Waals surface area (Å²) in [6.45, 7) is 7.01. The Morgan fingerprint density at radius 3 is 2.12 bits per heavy atom. The van der Waals surface area contributed by atoms with Crippen molar-refractivity contribution in [3.63, 3.8) is 0 Å². The van der Waals surface area contributed by atoms with Crippen molar-refractivity contribution < 1.29 is 9.59 Å². The molecule has 0 spiro atoms. The molecule has 4 heteroatoms. The highest BCUT2D eigenvalue weighted by molar-refractivity contribution is 6.36. The smallest absolute Gasteiger partial charge is 0.278 e. The molecule has 134 valence electrons. The Bertz CT molecular complexity index is 838. The molecule has 26 heavy (non-hydrogen) atoms. The summed E-state index contributed by atoms with van der Waals surface area (Å²) in [5.41, 5.74) is 3.79. The van der Waals surface area contributed by atoms with Crippen LogP contribution in [0.15, 0.2) is 60.3 Å². The van der Waals surface area contributed by atoms with Gasteiger partial charge in [-0.1, -0.05) is 55.0 Å². The zero-order valence-corrected chi connectivity index (χ0v) is 15.5. The van der Waals surface area contributed by atoms with Crippen molar-refractivity contribution in [1.82, 2.24) is 4.90 Å². The number of hydrogen-bond acceptors (Lipinski definition) is 3. The molecule has 0 saturated carbocycles. The number of imide groups is 1. The van der Waals surface area contributed by atoms with Crippen LogP contribution < -0.4 is 4.90 Å². The number of rotatable bonds is 6. The van der Waals surface area contributed by atoms with Gasteiger partial charge in [-0.05, 0) is 38.0 Å². The van der Waals surface area contributed by atoms with Gasteiger partial charge in [0.25, 0.3) is 11.8 Å². The number of carbonyl (C=O) groups is 2. The minimum Gasteiger partial charge on any atom is -0.337 e. The van der Waals surface area contributed by atoms with Gasteiger partial charge >= 0.3 is 0 Å². The fourth-order valence-corrected chi connectivity index (χ4v) is 3.30. The molecular formula is C22H24N2O2. The first-order chi connectivity index (χ1) is 12.6. The van der Waals surface area contributed by atoms with Crippen LogP contribution in [0.1, 0.15) is 31.4 Å². The zero-order valence-electron chi connectivity index (χ0n) is 15.5. The monoisotopic (exact) mass is 348 g/mol. The summed E-state index contributed by atoms with van der Waals surface area (Å²) >= 11 is 0. The van der Waals surface area contributed by atoms with E-state index in [0.717, 1.165) is 23.2 Å². The van der Waals surface area contributed by atoms with E-state index in [4.69, 9.17) is 0 Å². The first-order valence-electron chi connectivity index (χ1n) is 9.08. The third-order valence-corrected chi connectivity index (χ3v) is 4.59. The van der Waals surface area contributed by atoms with Crippen LogP contribution in [0.2, 0.25) is 0 Å². The van der Waals surface area contributed by atoms with Gasteiger partial charge in [-0.3, -0.25) is 14.5 Å². The van der Waals surface area contributed by atoms with E-state index in [0.29, 0.717) is 24.4 Å². The van der Waals surface area contributed by atoms with E-state index >= 15 is 0 Å². The maximum Gasteiger partial charge on any atom is 0.278 e. The Morgan fingerprint density at radius 2 is 1.54 bits per heavy atom. The average Bonchev–Trinajstić information content (AvgIpc) is 2.89. The van der Waals surface area contributed by atoms with Crippen molar-refractivity contribution in [2.24, 2.45) is 0 Å². The summed E-state index contributed by atoms with van der Waals surface area (Å²) in [5.74, 6) is -0.414. The summed E-state index contributed by atoms with van der Waals surface area (Å²) < 4.78 is 0. The fraction of sp³-hybridized carbons (Fsp3) is 0.273. The highest BCUT2D eigenvalue weighted by Crippen LogP contribution is 2.34. The van der Waals surface area contributed by atoms with Crippen LogP contribution in [0.5, 0.6) is 0 Å². The third kappa shape index (κ3) is 3.15. The molecule has 1 aliphatic rings. The molecule has 0 fully saturated rings. The minimum atomic E-state index is -0.210. The van der Waals surface area contributed by atoms with Crippen LogP contribution in [0, 0.1) is 6.92 Å². The zero-order chi connectivity index (χ0) is 18.7. The van der Waals surface area contributed by atoms with E-state index in [1.807, 2.05) is 80.3 Å². The van der Waals surface area contributed by atoms with Gasteiger partial charge in [0, 0.05) is 18.8 Å². The molecule has 0 atom stereocenters. The lowest BCUT2D eigenvalue weighted by atomic mass is 10.0. The third-order valence-electron chi connectivity index (χ3n) is 4.59. The second-order valence-corrected chi connectivity index (χ2v) is 6.43. The molecule has 0 radical (unpaired) electrons. The maximum atomic E-state index is 13.1. The Labute approximate surface area is 154 Å². The van der Waals surface area contributed by atoms with E-state index in [-0.39, 0.29) is 11.8 Å². The molecule has 0 aromatic heterocycles. The first kappa shape index (κ1) is 17.9. The Balaban J connectivity index is 2.18. The molecule has 1 aliphatic heterocycles. The molecular weight excluding hydrogens is 324 g/mol. The van der Waals surface area contributed by atoms with E-state index in [2.05, 4.69) is 0 Å². The number of likely N-dealkylation sites (N-methyl/N-ethyl adjacent to an activating group) is 1. The molecule has 3 rings (SSSR count). The van der Waals surface area contributed by atoms with Crippen molar-refractivity contribution in [3.05, 3.63) is 71.4 Å². The van der Waals surface area contributed by atoms with Crippen molar-refractivity contribution in [2.75, 3.05) is 18.0 Å². The highest BCUT2D eigenvalue weighted by Gasteiger charge is 2.41. The molecule has 1 heterocycles. The Hall–Kier alpha value is -2.88. The van der Waals surface area contributed by atoms with Crippen LogP contribution in [-0.2, 0) is 9.59 Å². The molecule has 4 nitrogen and oxygen atoms in total. The number of benzene rings is 2. The summed E-state index contributed by atoms with van der Waals surface area (Å²) in [6, 6.07) is 17.5. The molecule has 2 aromatic carbocycles. The van der Waals surface area contributed by atoms with Crippen molar-refractivity contribution in [3.8, 4) is 0 Å². The number of para-hydroxylation sites is 1. The molecule has 0 N–H and O–H groups in total. The molecule has 0 saturated heterocycles. The van der Waals surface area contributed by atoms with Gasteiger partial charge in [-0.15, -0.1) is 0 Å². The number of nitrogens with zero attached hydrogens (tertiary/aromatic N) is 2. The second-order valence-electron chi connectivity index (χ2n) is 6.43. The summed E-state index contributed by atoms with van der Waals surface area (Å²) in [4.78, 5) is 29.5. The predicted octanol–water partition coefficient (Wildman–Crippen LogP) is 4.01. The predicted molar refractivity (Wildman–Crippen MR) is 105 cm³/mol. The Kier molecular flexibility index (Phi) is 5.21. The standard InChI is InChI=1S/C22H24N2O2/c1-4-15-24-21(25)19(17-13-11-16(3)12-14-17)20(22(24)26)23(5-2)18-9-7-6-8-10-18/h6-14H,4-5,15H2,1-3H3. The number of aryl methyl sites for hydroxylation is 1. The van der Waals surface area contributed by atoms with Gasteiger partial charge in [0.1, 0.15) is 5.70 Å². The topological polar surface area (TPSA) is 40.6 Å². The van der Waals surface area contributed by atoms with Crippen LogP contribution in [0.3, 0.4) is 0 Å². The summed E-state index contributed by atoms with van der Waals surface area (Å²) in [5, 5.41) is 0. The summed E-state index contributed by atoms with van der Waals surface area (Å²) in [6.07, 6.45) is 0.739. The maximum absolute atomic E-state index is 13.1. The van der Waals surface area contributed by atoms with Gasteiger partial charge < -0.3 is 4.90 Å². The van der Waals surface area contributed by atoms with Gasteiger partial charge in [-0.2, -0.15) is 0 Å². The van der Waals surface area contributed by atoms with E-state index in [1.54, 1.807) is 0 Å². The van der Waals surface area contributed by atoms with Crippen molar-refractivity contribution >= 4 is 23.1 Å². The quantitative estimate of drug-likeness (QED) is 0.741. The van der Waals surface area contributed by atoms with Crippen LogP contribution >= 0.6 is 0 Å². The van der Waals surface area contributed by atoms with E-state index < -0.39 is 0 Å². The number of hydrogen-bond donors (Lipinski definition) is 0. The fourth-order valence-electron chi connectivity index (χ4n) is 3.30. The van der Waals surface area contributed by atoms with Gasteiger partial charge in [0.05, 0.1) is 5.57 Å². The first-order valence-corrected chi connectivity index (χ1v) is 9.08. The lowest BCUT2D eigenvalue weighted by Crippen LogP contribution is -2.35. The highest BCUT2D eigenvalue weighted by atomic mass is 16.2. The van der Waals surface area contributed by atoms with Crippen LogP contribution in [0.25, 0.3) is 5.57 Å². The molecule has 0 bridgehead atoms. The van der Waals surface area contributed by atoms with Crippen LogP contribution in [-0.4, -0.2) is 29.8 Å². The SMILES string of the molecule is CCCN1C(=O)C(c2ccc(C)cc2)=C(N(CC)c2ccccc2)C1=O. The number of carbonyl (C=O) groups excluding carboxylic acids is 2. The molecule has 0 aliphatic carbocycles. The van der Waals surface area contributed by atoms with Gasteiger partial charge in [-0.25, -0.2) is 0 Å². The van der Waals surface area contributed by atoms with Crippen LogP contribution in [0.4, 0.5) is 5.69 Å². The average molecular weight is 348 g/mol. The molecule has 0 unspecified atom stereocenters. The van der Waals surface area contributed by atoms with Crippen molar-refractivity contribution in [2.45, 2.75) is 27.2 Å². The van der Waals surface area contributed by atoms with E-state index in [9.17, 15) is 9.59 Å².